The standard InChI is InChI=1S/C17H12O3.2C2H6/c18-15-10-14(17(19)20)16(11-6-2-1-3-7-11)13-9-5-4-8-12(13)15;2*1-2/h1-10,18H,(H,19,20);2*1-2H3. The van der Waals surface area contributed by atoms with E-state index in [1.54, 1.807) is 6.07 Å². The lowest BCUT2D eigenvalue weighted by Gasteiger charge is -2.12. The van der Waals surface area contributed by atoms with Crippen LogP contribution in [0.1, 0.15) is 38.1 Å². The number of carboxylic acid groups (broad SMARTS) is 1. The van der Waals surface area contributed by atoms with E-state index in [2.05, 4.69) is 0 Å². The number of hydrogen-bond donors (Lipinski definition) is 2. The van der Waals surface area contributed by atoms with Crippen molar-refractivity contribution >= 4 is 16.7 Å². The van der Waals surface area contributed by atoms with Gasteiger partial charge in [-0.25, -0.2) is 4.79 Å². The van der Waals surface area contributed by atoms with Gasteiger partial charge in [-0.05, 0) is 17.0 Å². The predicted octanol–water partition coefficient (Wildman–Crippen LogP) is 5.96. The maximum atomic E-state index is 11.5. The highest BCUT2D eigenvalue weighted by molar-refractivity contribution is 6.09. The minimum absolute atomic E-state index is 0.0160. The summed E-state index contributed by atoms with van der Waals surface area (Å²) in [5, 5.41) is 20.8. The Morgan fingerprint density at radius 1 is 0.792 bits per heavy atom. The van der Waals surface area contributed by atoms with Crippen LogP contribution in [0.3, 0.4) is 0 Å². The third kappa shape index (κ3) is 3.93. The van der Waals surface area contributed by atoms with E-state index in [4.69, 9.17) is 0 Å². The molecule has 0 aliphatic rings. The van der Waals surface area contributed by atoms with Gasteiger partial charge in [0.2, 0.25) is 0 Å². The van der Waals surface area contributed by atoms with Crippen LogP contribution in [0.25, 0.3) is 21.9 Å². The first-order valence-corrected chi connectivity index (χ1v) is 8.22. The zero-order valence-electron chi connectivity index (χ0n) is 14.6. The molecule has 0 bridgehead atoms. The van der Waals surface area contributed by atoms with E-state index in [9.17, 15) is 15.0 Å². The smallest absolute Gasteiger partial charge is 0.336 e. The summed E-state index contributed by atoms with van der Waals surface area (Å²) in [6, 6.07) is 17.9. The van der Waals surface area contributed by atoms with Gasteiger partial charge in [0.15, 0.2) is 0 Å². The highest BCUT2D eigenvalue weighted by atomic mass is 16.4. The molecule has 0 fully saturated rings. The molecule has 3 nitrogen and oxygen atoms in total. The Labute approximate surface area is 143 Å². The van der Waals surface area contributed by atoms with E-state index in [0.29, 0.717) is 10.9 Å². The lowest BCUT2D eigenvalue weighted by atomic mass is 9.93. The number of carbonyl (C=O) groups is 1. The highest BCUT2D eigenvalue weighted by Crippen LogP contribution is 2.37. The highest BCUT2D eigenvalue weighted by Gasteiger charge is 2.17. The second-order valence-electron chi connectivity index (χ2n) is 4.54. The Hall–Kier alpha value is -2.81. The Bertz CT molecular complexity index is 793. The molecule has 24 heavy (non-hydrogen) atoms. The normalized spacial score (nSPS) is 9.33. The van der Waals surface area contributed by atoms with Crippen LogP contribution < -0.4 is 0 Å². The third-order valence-corrected chi connectivity index (χ3v) is 3.32. The van der Waals surface area contributed by atoms with Gasteiger partial charge in [0.05, 0.1) is 5.56 Å². The SMILES string of the molecule is CC.CC.O=C(O)c1cc(O)c2ccccc2c1-c1ccccc1. The van der Waals surface area contributed by atoms with Gasteiger partial charge < -0.3 is 10.2 Å². The Kier molecular flexibility index (Phi) is 7.50. The lowest BCUT2D eigenvalue weighted by molar-refractivity contribution is 0.0697. The van der Waals surface area contributed by atoms with E-state index < -0.39 is 5.97 Å². The van der Waals surface area contributed by atoms with Crippen molar-refractivity contribution in [1.29, 1.82) is 0 Å². The molecule has 2 N–H and O–H groups in total. The van der Waals surface area contributed by atoms with E-state index >= 15 is 0 Å². The summed E-state index contributed by atoms with van der Waals surface area (Å²) in [5.74, 6) is -1.07. The van der Waals surface area contributed by atoms with Crippen LogP contribution in [0.15, 0.2) is 60.7 Å². The number of benzene rings is 3. The quantitative estimate of drug-likeness (QED) is 0.611. The van der Waals surface area contributed by atoms with Gasteiger partial charge in [0.25, 0.3) is 0 Å². The van der Waals surface area contributed by atoms with Gasteiger partial charge in [0.1, 0.15) is 5.75 Å². The van der Waals surface area contributed by atoms with Crippen molar-refractivity contribution in [2.24, 2.45) is 0 Å². The molecule has 0 aliphatic carbocycles. The van der Waals surface area contributed by atoms with Gasteiger partial charge in [-0.3, -0.25) is 0 Å². The van der Waals surface area contributed by atoms with Crippen LogP contribution >= 0.6 is 0 Å². The molecule has 0 spiro atoms. The number of carboxylic acids is 1. The number of fused-ring (bicyclic) bond motifs is 1. The van der Waals surface area contributed by atoms with E-state index in [1.807, 2.05) is 76.2 Å². The molecule has 3 rings (SSSR count). The fourth-order valence-corrected chi connectivity index (χ4v) is 2.44. The molecule has 3 heteroatoms. The molecule has 0 saturated carbocycles. The molecule has 0 unspecified atom stereocenters. The number of hydrogen-bond acceptors (Lipinski definition) is 2. The molecular weight excluding hydrogens is 300 g/mol. The summed E-state index contributed by atoms with van der Waals surface area (Å²) < 4.78 is 0. The maximum Gasteiger partial charge on any atom is 0.336 e. The number of rotatable bonds is 2. The monoisotopic (exact) mass is 324 g/mol. The Morgan fingerprint density at radius 2 is 1.29 bits per heavy atom. The minimum Gasteiger partial charge on any atom is -0.507 e. The van der Waals surface area contributed by atoms with Crippen LogP contribution in [0.2, 0.25) is 0 Å². The lowest BCUT2D eigenvalue weighted by Crippen LogP contribution is -2.00. The molecule has 3 aromatic carbocycles. The van der Waals surface area contributed by atoms with Gasteiger partial charge >= 0.3 is 5.97 Å². The van der Waals surface area contributed by atoms with Crippen LogP contribution in [0, 0.1) is 0 Å². The van der Waals surface area contributed by atoms with E-state index in [-0.39, 0.29) is 11.3 Å². The second kappa shape index (κ2) is 9.36. The molecule has 0 radical (unpaired) electrons. The maximum absolute atomic E-state index is 11.5. The topological polar surface area (TPSA) is 57.5 Å². The van der Waals surface area contributed by atoms with Crippen molar-refractivity contribution in [1.82, 2.24) is 0 Å². The van der Waals surface area contributed by atoms with Crippen LogP contribution in [-0.2, 0) is 0 Å². The second-order valence-corrected chi connectivity index (χ2v) is 4.54. The molecule has 0 saturated heterocycles. The number of aromatic hydroxyl groups is 1. The van der Waals surface area contributed by atoms with Gasteiger partial charge in [-0.1, -0.05) is 82.3 Å². The van der Waals surface area contributed by atoms with Crippen molar-refractivity contribution in [3.8, 4) is 16.9 Å². The number of phenols is 1. The molecule has 0 heterocycles. The third-order valence-electron chi connectivity index (χ3n) is 3.32. The fraction of sp³-hybridized carbons (Fsp3) is 0.190. The first-order valence-electron chi connectivity index (χ1n) is 8.22. The molecule has 3 aromatic rings. The number of phenolic OH excluding ortho intramolecular Hbond substituents is 1. The summed E-state index contributed by atoms with van der Waals surface area (Å²) in [4.78, 5) is 11.5. The van der Waals surface area contributed by atoms with Gasteiger partial charge in [0, 0.05) is 10.9 Å². The molecule has 0 aliphatic heterocycles. The molecule has 0 amide bonds. The Morgan fingerprint density at radius 3 is 1.83 bits per heavy atom. The van der Waals surface area contributed by atoms with Crippen molar-refractivity contribution < 1.29 is 15.0 Å². The van der Waals surface area contributed by atoms with E-state index in [1.165, 1.54) is 6.07 Å². The molecule has 0 atom stereocenters. The van der Waals surface area contributed by atoms with Crippen LogP contribution in [0.5, 0.6) is 5.75 Å². The van der Waals surface area contributed by atoms with Gasteiger partial charge in [-0.15, -0.1) is 0 Å². The largest absolute Gasteiger partial charge is 0.507 e. The van der Waals surface area contributed by atoms with Crippen molar-refractivity contribution in [3.63, 3.8) is 0 Å². The Balaban J connectivity index is 0.000000671. The zero-order chi connectivity index (χ0) is 18.1. The predicted molar refractivity (Wildman–Crippen MR) is 101 cm³/mol. The summed E-state index contributed by atoms with van der Waals surface area (Å²) in [5.41, 5.74) is 1.56. The van der Waals surface area contributed by atoms with Gasteiger partial charge in [-0.2, -0.15) is 0 Å². The zero-order valence-corrected chi connectivity index (χ0v) is 14.6. The average Bonchev–Trinajstić information content (AvgIpc) is 2.65. The average molecular weight is 324 g/mol. The summed E-state index contributed by atoms with van der Waals surface area (Å²) in [6.07, 6.45) is 0. The summed E-state index contributed by atoms with van der Waals surface area (Å²) in [7, 11) is 0. The summed E-state index contributed by atoms with van der Waals surface area (Å²) in [6.45, 7) is 8.00. The molecular formula is C21H24O3. The van der Waals surface area contributed by atoms with E-state index in [0.717, 1.165) is 10.9 Å². The number of aromatic carboxylic acids is 1. The van der Waals surface area contributed by atoms with Crippen molar-refractivity contribution in [2.75, 3.05) is 0 Å². The molecule has 0 aromatic heterocycles. The first-order chi connectivity index (χ1) is 11.7. The van der Waals surface area contributed by atoms with Crippen LogP contribution in [0.4, 0.5) is 0 Å². The van der Waals surface area contributed by atoms with Crippen LogP contribution in [-0.4, -0.2) is 16.2 Å². The molecule has 126 valence electrons. The minimum atomic E-state index is -1.05. The summed E-state index contributed by atoms with van der Waals surface area (Å²) >= 11 is 0. The fourth-order valence-electron chi connectivity index (χ4n) is 2.44. The van der Waals surface area contributed by atoms with Crippen molar-refractivity contribution in [2.45, 2.75) is 27.7 Å². The first kappa shape index (κ1) is 19.2. The van der Waals surface area contributed by atoms with Crippen molar-refractivity contribution in [3.05, 3.63) is 66.2 Å².